The molecular formula is C14H21NO. The quantitative estimate of drug-likeness (QED) is 0.712. The van der Waals surface area contributed by atoms with E-state index in [0.717, 1.165) is 18.8 Å². The third-order valence-corrected chi connectivity index (χ3v) is 2.15. The van der Waals surface area contributed by atoms with Gasteiger partial charge in [-0.3, -0.25) is 0 Å². The second kappa shape index (κ2) is 7.07. The van der Waals surface area contributed by atoms with Gasteiger partial charge in [0.2, 0.25) is 0 Å². The summed E-state index contributed by atoms with van der Waals surface area (Å²) in [6, 6.07) is 8.16. The van der Waals surface area contributed by atoms with Crippen LogP contribution in [0.4, 0.5) is 0 Å². The summed E-state index contributed by atoms with van der Waals surface area (Å²) in [4.78, 5) is 0. The third-order valence-electron chi connectivity index (χ3n) is 2.15. The van der Waals surface area contributed by atoms with Crippen LogP contribution >= 0.6 is 0 Å². The molecule has 0 spiro atoms. The van der Waals surface area contributed by atoms with Crippen LogP contribution in [-0.4, -0.2) is 13.2 Å². The Labute approximate surface area is 98.3 Å². The Balaban J connectivity index is 2.43. The maximum atomic E-state index is 5.48. The highest BCUT2D eigenvalue weighted by Crippen LogP contribution is 2.13. The largest absolute Gasteiger partial charge is 0.490 e. The number of hydrogen-bond donors (Lipinski definition) is 1. The van der Waals surface area contributed by atoms with E-state index in [1.807, 2.05) is 12.1 Å². The molecule has 0 aliphatic heterocycles. The zero-order chi connectivity index (χ0) is 11.8. The van der Waals surface area contributed by atoms with Gasteiger partial charge >= 0.3 is 0 Å². The summed E-state index contributed by atoms with van der Waals surface area (Å²) < 4.78 is 5.48. The molecule has 0 aromatic heterocycles. The fraction of sp³-hybridized carbons (Fsp3) is 0.429. The van der Waals surface area contributed by atoms with Gasteiger partial charge in [0, 0.05) is 6.54 Å². The average Bonchev–Trinajstić information content (AvgIpc) is 2.26. The standard InChI is InChI=1S/C14H21NO/c1-4-8-16-14-7-5-6-13(9-14)11-15-10-12(2)3/h4-7,9,12,15H,1,8,10-11H2,2-3H3. The van der Waals surface area contributed by atoms with Gasteiger partial charge in [-0.25, -0.2) is 0 Å². The molecular weight excluding hydrogens is 198 g/mol. The van der Waals surface area contributed by atoms with Gasteiger partial charge in [-0.15, -0.1) is 0 Å². The lowest BCUT2D eigenvalue weighted by atomic mass is 10.2. The van der Waals surface area contributed by atoms with Crippen LogP contribution in [0.1, 0.15) is 19.4 Å². The number of benzene rings is 1. The summed E-state index contributed by atoms with van der Waals surface area (Å²) in [5.41, 5.74) is 1.25. The molecule has 0 saturated carbocycles. The van der Waals surface area contributed by atoms with E-state index in [-0.39, 0.29) is 0 Å². The molecule has 0 bridgehead atoms. The van der Waals surface area contributed by atoms with E-state index in [1.54, 1.807) is 6.08 Å². The Morgan fingerprint density at radius 3 is 2.94 bits per heavy atom. The van der Waals surface area contributed by atoms with Crippen LogP contribution in [0.3, 0.4) is 0 Å². The number of hydrogen-bond acceptors (Lipinski definition) is 2. The molecule has 1 N–H and O–H groups in total. The summed E-state index contributed by atoms with van der Waals surface area (Å²) in [6.45, 7) is 10.5. The fourth-order valence-electron chi connectivity index (χ4n) is 1.41. The molecule has 0 radical (unpaired) electrons. The minimum atomic E-state index is 0.558. The van der Waals surface area contributed by atoms with Gasteiger partial charge in [-0.1, -0.05) is 38.6 Å². The second-order valence-electron chi connectivity index (χ2n) is 4.27. The smallest absolute Gasteiger partial charge is 0.120 e. The van der Waals surface area contributed by atoms with E-state index in [1.165, 1.54) is 5.56 Å². The number of ether oxygens (including phenoxy) is 1. The van der Waals surface area contributed by atoms with Crippen molar-refractivity contribution in [3.63, 3.8) is 0 Å². The third kappa shape index (κ3) is 4.99. The van der Waals surface area contributed by atoms with E-state index in [0.29, 0.717) is 12.5 Å². The van der Waals surface area contributed by atoms with Crippen LogP contribution in [0.2, 0.25) is 0 Å². The van der Waals surface area contributed by atoms with Crippen LogP contribution < -0.4 is 10.1 Å². The topological polar surface area (TPSA) is 21.3 Å². The van der Waals surface area contributed by atoms with E-state index < -0.39 is 0 Å². The van der Waals surface area contributed by atoms with Crippen molar-refractivity contribution >= 4 is 0 Å². The molecule has 0 saturated heterocycles. The van der Waals surface area contributed by atoms with Crippen LogP contribution in [0.5, 0.6) is 5.75 Å². The lowest BCUT2D eigenvalue weighted by Gasteiger charge is -2.09. The van der Waals surface area contributed by atoms with Gasteiger partial charge in [-0.2, -0.15) is 0 Å². The van der Waals surface area contributed by atoms with Gasteiger partial charge in [-0.05, 0) is 30.2 Å². The molecule has 0 amide bonds. The fourth-order valence-corrected chi connectivity index (χ4v) is 1.41. The maximum Gasteiger partial charge on any atom is 0.120 e. The monoisotopic (exact) mass is 219 g/mol. The summed E-state index contributed by atoms with van der Waals surface area (Å²) in [5, 5.41) is 3.41. The normalized spacial score (nSPS) is 10.4. The van der Waals surface area contributed by atoms with Crippen LogP contribution in [0.25, 0.3) is 0 Å². The van der Waals surface area contributed by atoms with Crippen molar-refractivity contribution in [1.82, 2.24) is 5.32 Å². The highest BCUT2D eigenvalue weighted by Gasteiger charge is 1.97. The lowest BCUT2D eigenvalue weighted by Crippen LogP contribution is -2.18. The van der Waals surface area contributed by atoms with E-state index in [4.69, 9.17) is 4.74 Å². The zero-order valence-electron chi connectivity index (χ0n) is 10.2. The molecule has 0 fully saturated rings. The Morgan fingerprint density at radius 2 is 2.25 bits per heavy atom. The molecule has 1 rings (SSSR count). The zero-order valence-corrected chi connectivity index (χ0v) is 10.2. The molecule has 0 aliphatic carbocycles. The first-order valence-corrected chi connectivity index (χ1v) is 5.75. The Morgan fingerprint density at radius 1 is 1.44 bits per heavy atom. The molecule has 0 atom stereocenters. The molecule has 0 aliphatic rings. The maximum absolute atomic E-state index is 5.48. The Kier molecular flexibility index (Phi) is 5.65. The van der Waals surface area contributed by atoms with Crippen molar-refractivity contribution in [2.24, 2.45) is 5.92 Å². The first kappa shape index (κ1) is 12.8. The molecule has 2 heteroatoms. The van der Waals surface area contributed by atoms with Crippen molar-refractivity contribution in [2.75, 3.05) is 13.2 Å². The molecule has 88 valence electrons. The number of nitrogens with one attached hydrogen (secondary N) is 1. The summed E-state index contributed by atoms with van der Waals surface area (Å²) in [5.74, 6) is 1.59. The SMILES string of the molecule is C=CCOc1cccc(CNCC(C)C)c1. The predicted molar refractivity (Wildman–Crippen MR) is 68.7 cm³/mol. The van der Waals surface area contributed by atoms with E-state index >= 15 is 0 Å². The summed E-state index contributed by atoms with van der Waals surface area (Å²) in [6.07, 6.45) is 1.75. The van der Waals surface area contributed by atoms with Crippen molar-refractivity contribution in [1.29, 1.82) is 0 Å². The highest BCUT2D eigenvalue weighted by atomic mass is 16.5. The van der Waals surface area contributed by atoms with Gasteiger partial charge in [0.15, 0.2) is 0 Å². The minimum Gasteiger partial charge on any atom is -0.490 e. The van der Waals surface area contributed by atoms with E-state index in [2.05, 4.69) is 37.9 Å². The number of rotatable bonds is 7. The van der Waals surface area contributed by atoms with Crippen molar-refractivity contribution in [3.05, 3.63) is 42.5 Å². The Hall–Kier alpha value is -1.28. The van der Waals surface area contributed by atoms with Gasteiger partial charge < -0.3 is 10.1 Å². The molecule has 0 unspecified atom stereocenters. The molecule has 1 aromatic carbocycles. The lowest BCUT2D eigenvalue weighted by molar-refractivity contribution is 0.362. The van der Waals surface area contributed by atoms with Crippen LogP contribution in [0, 0.1) is 5.92 Å². The minimum absolute atomic E-state index is 0.558. The van der Waals surface area contributed by atoms with Gasteiger partial charge in [0.05, 0.1) is 0 Å². The van der Waals surface area contributed by atoms with Crippen molar-refractivity contribution < 1.29 is 4.74 Å². The first-order valence-electron chi connectivity index (χ1n) is 5.75. The first-order chi connectivity index (χ1) is 7.72. The molecule has 1 aromatic rings. The molecule has 16 heavy (non-hydrogen) atoms. The summed E-state index contributed by atoms with van der Waals surface area (Å²) in [7, 11) is 0. The van der Waals surface area contributed by atoms with Crippen LogP contribution in [0.15, 0.2) is 36.9 Å². The van der Waals surface area contributed by atoms with Crippen molar-refractivity contribution in [3.8, 4) is 5.75 Å². The average molecular weight is 219 g/mol. The second-order valence-corrected chi connectivity index (χ2v) is 4.27. The van der Waals surface area contributed by atoms with Gasteiger partial charge in [0.25, 0.3) is 0 Å². The Bertz CT molecular complexity index is 320. The van der Waals surface area contributed by atoms with Crippen LogP contribution in [-0.2, 0) is 6.54 Å². The molecule has 2 nitrogen and oxygen atoms in total. The van der Waals surface area contributed by atoms with Gasteiger partial charge in [0.1, 0.15) is 12.4 Å². The highest BCUT2D eigenvalue weighted by molar-refractivity contribution is 5.28. The molecule has 0 heterocycles. The summed E-state index contributed by atoms with van der Waals surface area (Å²) >= 11 is 0. The predicted octanol–water partition coefficient (Wildman–Crippen LogP) is 3.00. The van der Waals surface area contributed by atoms with Crippen molar-refractivity contribution in [2.45, 2.75) is 20.4 Å². The van der Waals surface area contributed by atoms with E-state index in [9.17, 15) is 0 Å².